The Labute approximate surface area is 334 Å². The molecule has 1 unspecified atom stereocenters. The van der Waals surface area contributed by atoms with Gasteiger partial charge in [-0.25, -0.2) is 0 Å². The molecule has 0 aromatic carbocycles. The lowest BCUT2D eigenvalue weighted by atomic mass is 10.0. The van der Waals surface area contributed by atoms with E-state index < -0.39 is 6.10 Å². The van der Waals surface area contributed by atoms with E-state index in [1.807, 2.05) is 0 Å². The quantitative estimate of drug-likeness (QED) is 0.0382. The fourth-order valence-corrected chi connectivity index (χ4v) is 6.41. The van der Waals surface area contributed by atoms with Crippen molar-refractivity contribution in [1.82, 2.24) is 0 Å². The van der Waals surface area contributed by atoms with E-state index in [4.69, 9.17) is 9.47 Å². The number of rotatable bonds is 41. The first-order chi connectivity index (χ1) is 26.6. The van der Waals surface area contributed by atoms with E-state index in [1.54, 1.807) is 0 Å². The van der Waals surface area contributed by atoms with E-state index in [2.05, 4.69) is 74.6 Å². The Balaban J connectivity index is 3.56. The van der Waals surface area contributed by atoms with Gasteiger partial charge < -0.3 is 14.6 Å². The molecule has 0 heterocycles. The zero-order valence-corrected chi connectivity index (χ0v) is 35.5. The third-order valence-electron chi connectivity index (χ3n) is 9.83. The van der Waals surface area contributed by atoms with Crippen LogP contribution in [0.15, 0.2) is 60.8 Å². The molecule has 0 saturated carbocycles. The van der Waals surface area contributed by atoms with Crippen LogP contribution in [-0.2, 0) is 19.1 Å². The average Bonchev–Trinajstić information content (AvgIpc) is 3.17. The van der Waals surface area contributed by atoms with Crippen molar-refractivity contribution >= 4 is 11.9 Å². The van der Waals surface area contributed by atoms with Crippen LogP contribution in [-0.4, -0.2) is 36.4 Å². The van der Waals surface area contributed by atoms with Crippen LogP contribution in [0.5, 0.6) is 0 Å². The monoisotopic (exact) mass is 755 g/mol. The summed E-state index contributed by atoms with van der Waals surface area (Å²) in [6.07, 6.45) is 58.7. The number of aliphatic hydroxyl groups is 1. The number of esters is 2. The number of unbranched alkanes of at least 4 members (excludes halogenated alkanes) is 23. The van der Waals surface area contributed by atoms with Crippen LogP contribution >= 0.6 is 0 Å². The van der Waals surface area contributed by atoms with Crippen LogP contribution < -0.4 is 0 Å². The van der Waals surface area contributed by atoms with Crippen molar-refractivity contribution in [2.24, 2.45) is 0 Å². The molecule has 0 aromatic heterocycles. The van der Waals surface area contributed by atoms with Gasteiger partial charge in [-0.1, -0.05) is 209 Å². The summed E-state index contributed by atoms with van der Waals surface area (Å²) in [7, 11) is 0. The van der Waals surface area contributed by atoms with E-state index in [0.29, 0.717) is 12.8 Å². The van der Waals surface area contributed by atoms with Crippen molar-refractivity contribution in [2.75, 3.05) is 13.2 Å². The third kappa shape index (κ3) is 42.3. The second kappa shape index (κ2) is 45.0. The van der Waals surface area contributed by atoms with Crippen LogP contribution in [0.3, 0.4) is 0 Å². The van der Waals surface area contributed by atoms with Crippen molar-refractivity contribution in [2.45, 2.75) is 225 Å². The lowest BCUT2D eigenvalue weighted by Crippen LogP contribution is -2.28. The molecule has 5 heteroatoms. The highest BCUT2D eigenvalue weighted by Crippen LogP contribution is 2.16. The first kappa shape index (κ1) is 51.6. The van der Waals surface area contributed by atoms with E-state index in [0.717, 1.165) is 77.0 Å². The maximum atomic E-state index is 12.2. The smallest absolute Gasteiger partial charge is 0.306 e. The highest BCUT2D eigenvalue weighted by atomic mass is 16.6. The zero-order valence-electron chi connectivity index (χ0n) is 35.5. The van der Waals surface area contributed by atoms with Gasteiger partial charge in [0.15, 0.2) is 6.10 Å². The first-order valence-corrected chi connectivity index (χ1v) is 22.8. The highest BCUT2D eigenvalue weighted by molar-refractivity contribution is 5.70. The van der Waals surface area contributed by atoms with Gasteiger partial charge in [0.2, 0.25) is 0 Å². The van der Waals surface area contributed by atoms with Crippen molar-refractivity contribution in [1.29, 1.82) is 0 Å². The van der Waals surface area contributed by atoms with E-state index in [1.165, 1.54) is 116 Å². The van der Waals surface area contributed by atoms with Gasteiger partial charge in [-0.15, -0.1) is 0 Å². The molecule has 0 aliphatic carbocycles. The Morgan fingerprint density at radius 3 is 1.20 bits per heavy atom. The van der Waals surface area contributed by atoms with Crippen LogP contribution in [0.4, 0.5) is 0 Å². The Morgan fingerprint density at radius 1 is 0.444 bits per heavy atom. The second-order valence-electron chi connectivity index (χ2n) is 15.1. The molecule has 5 nitrogen and oxygen atoms in total. The molecule has 0 spiro atoms. The van der Waals surface area contributed by atoms with Crippen LogP contribution in [0.1, 0.15) is 219 Å². The SMILES string of the molecule is CC/C=C\C/C=C\C/C=C\C/C=C\C/C=C\CCCCCC(=O)OC(CO)COC(=O)CCCCCCCCCCCCCCCCCCCCCCC. The van der Waals surface area contributed by atoms with Gasteiger partial charge in [-0.05, 0) is 57.8 Å². The van der Waals surface area contributed by atoms with Crippen molar-refractivity contribution in [3.05, 3.63) is 60.8 Å². The summed E-state index contributed by atoms with van der Waals surface area (Å²) in [6, 6.07) is 0. The largest absolute Gasteiger partial charge is 0.462 e. The molecule has 0 amide bonds. The van der Waals surface area contributed by atoms with Crippen molar-refractivity contribution in [3.8, 4) is 0 Å². The average molecular weight is 755 g/mol. The minimum absolute atomic E-state index is 0.0790. The molecule has 0 saturated heterocycles. The second-order valence-corrected chi connectivity index (χ2v) is 15.1. The maximum absolute atomic E-state index is 12.2. The number of carbonyl (C=O) groups excluding carboxylic acids is 2. The van der Waals surface area contributed by atoms with Gasteiger partial charge in [0.1, 0.15) is 6.61 Å². The fourth-order valence-electron chi connectivity index (χ4n) is 6.41. The normalized spacial score (nSPS) is 12.7. The number of allylic oxidation sites excluding steroid dienone is 10. The van der Waals surface area contributed by atoms with Crippen LogP contribution in [0, 0.1) is 0 Å². The number of carbonyl (C=O) groups is 2. The van der Waals surface area contributed by atoms with Crippen LogP contribution in [0.25, 0.3) is 0 Å². The lowest BCUT2D eigenvalue weighted by molar-refractivity contribution is -0.161. The van der Waals surface area contributed by atoms with Crippen molar-refractivity contribution in [3.63, 3.8) is 0 Å². The minimum Gasteiger partial charge on any atom is -0.462 e. The predicted molar refractivity (Wildman–Crippen MR) is 233 cm³/mol. The predicted octanol–water partition coefficient (Wildman–Crippen LogP) is 14.7. The van der Waals surface area contributed by atoms with Crippen molar-refractivity contribution < 1.29 is 24.2 Å². The van der Waals surface area contributed by atoms with Gasteiger partial charge in [-0.3, -0.25) is 9.59 Å². The Morgan fingerprint density at radius 2 is 0.796 bits per heavy atom. The maximum Gasteiger partial charge on any atom is 0.306 e. The number of ether oxygens (including phenoxy) is 2. The number of hydrogen-bond donors (Lipinski definition) is 1. The molecule has 1 atom stereocenters. The Hall–Kier alpha value is -2.40. The summed E-state index contributed by atoms with van der Waals surface area (Å²) in [5, 5.41) is 9.59. The molecule has 0 bridgehead atoms. The molecule has 1 N–H and O–H groups in total. The molecule has 54 heavy (non-hydrogen) atoms. The van der Waals surface area contributed by atoms with Gasteiger partial charge in [0.05, 0.1) is 6.61 Å². The molecule has 0 rings (SSSR count). The van der Waals surface area contributed by atoms with E-state index in [9.17, 15) is 14.7 Å². The van der Waals surface area contributed by atoms with Gasteiger partial charge >= 0.3 is 11.9 Å². The summed E-state index contributed by atoms with van der Waals surface area (Å²) in [5.41, 5.74) is 0. The van der Waals surface area contributed by atoms with Crippen LogP contribution in [0.2, 0.25) is 0 Å². The molecule has 0 radical (unpaired) electrons. The molecule has 312 valence electrons. The Kier molecular flexibility index (Phi) is 43.0. The topological polar surface area (TPSA) is 72.8 Å². The summed E-state index contributed by atoms with van der Waals surface area (Å²) >= 11 is 0. The zero-order chi connectivity index (χ0) is 39.3. The highest BCUT2D eigenvalue weighted by Gasteiger charge is 2.16. The Bertz CT molecular complexity index is 946. The minimum atomic E-state index is -0.789. The van der Waals surface area contributed by atoms with Gasteiger partial charge in [0, 0.05) is 12.8 Å². The first-order valence-electron chi connectivity index (χ1n) is 22.8. The molecule has 0 fully saturated rings. The summed E-state index contributed by atoms with van der Waals surface area (Å²) in [5.74, 6) is -0.623. The van der Waals surface area contributed by atoms with Gasteiger partial charge in [0.25, 0.3) is 0 Å². The molecular formula is C49H86O5. The molecule has 0 aliphatic heterocycles. The fraction of sp³-hybridized carbons (Fsp3) is 0.755. The summed E-state index contributed by atoms with van der Waals surface area (Å²) < 4.78 is 10.6. The van der Waals surface area contributed by atoms with E-state index >= 15 is 0 Å². The summed E-state index contributed by atoms with van der Waals surface area (Å²) in [6.45, 7) is 4.01. The number of aliphatic hydroxyl groups excluding tert-OH is 1. The standard InChI is InChI=1S/C49H86O5/c1-3-5-7-9-11-13-15-17-19-21-23-24-26-27-29-31-33-35-37-39-41-43-48(51)53-46-47(45-50)54-49(52)44-42-40-38-36-34-32-30-28-25-22-20-18-16-14-12-10-8-6-4-2/h6,8,12,14,18,20,25,28,32,34,47,50H,3-5,7,9-11,13,15-17,19,21-24,26-27,29-31,33,35-46H2,1-2H3/b8-6-,14-12-,20-18-,28-25-,34-32-. The molecular weight excluding hydrogens is 669 g/mol. The van der Waals surface area contributed by atoms with E-state index in [-0.39, 0.29) is 25.2 Å². The third-order valence-corrected chi connectivity index (χ3v) is 9.83. The molecule has 0 aromatic rings. The lowest BCUT2D eigenvalue weighted by Gasteiger charge is -2.15. The van der Waals surface area contributed by atoms with Gasteiger partial charge in [-0.2, -0.15) is 0 Å². The number of hydrogen-bond acceptors (Lipinski definition) is 5. The molecule has 0 aliphatic rings. The summed E-state index contributed by atoms with van der Waals surface area (Å²) in [4.78, 5) is 24.4.